The molecule has 2 nitrogen and oxygen atoms in total. The van der Waals surface area contributed by atoms with Crippen molar-refractivity contribution in [2.24, 2.45) is 5.73 Å². The molecule has 0 amide bonds. The SMILES string of the molecule is NC(Cc1cccc(F)c1F)c1ccncc1. The molecule has 0 fully saturated rings. The molecular weight excluding hydrogens is 222 g/mol. The summed E-state index contributed by atoms with van der Waals surface area (Å²) in [6.07, 6.45) is 3.50. The van der Waals surface area contributed by atoms with Crippen molar-refractivity contribution in [1.82, 2.24) is 4.98 Å². The van der Waals surface area contributed by atoms with E-state index in [1.54, 1.807) is 30.6 Å². The molecule has 2 aromatic rings. The number of rotatable bonds is 3. The molecule has 2 rings (SSSR count). The normalized spacial score (nSPS) is 12.4. The highest BCUT2D eigenvalue weighted by atomic mass is 19.2. The second kappa shape index (κ2) is 5.01. The van der Waals surface area contributed by atoms with Crippen LogP contribution in [0.4, 0.5) is 8.78 Å². The molecule has 0 aliphatic rings. The summed E-state index contributed by atoms with van der Waals surface area (Å²) in [6.45, 7) is 0. The van der Waals surface area contributed by atoms with E-state index >= 15 is 0 Å². The van der Waals surface area contributed by atoms with Crippen molar-refractivity contribution in [3.63, 3.8) is 0 Å². The molecule has 0 aliphatic heterocycles. The highest BCUT2D eigenvalue weighted by Gasteiger charge is 2.12. The van der Waals surface area contributed by atoms with Crippen LogP contribution < -0.4 is 5.73 Å². The topological polar surface area (TPSA) is 38.9 Å². The second-order valence-corrected chi connectivity index (χ2v) is 3.80. The van der Waals surface area contributed by atoms with Gasteiger partial charge in [0.25, 0.3) is 0 Å². The zero-order valence-electron chi connectivity index (χ0n) is 9.11. The fraction of sp³-hybridized carbons (Fsp3) is 0.154. The van der Waals surface area contributed by atoms with E-state index in [0.717, 1.165) is 11.6 Å². The minimum absolute atomic E-state index is 0.258. The van der Waals surface area contributed by atoms with Crippen LogP contribution in [-0.4, -0.2) is 4.98 Å². The molecule has 1 aromatic heterocycles. The molecule has 0 spiro atoms. The third-order valence-electron chi connectivity index (χ3n) is 2.61. The molecule has 1 aromatic carbocycles. The lowest BCUT2D eigenvalue weighted by molar-refractivity contribution is 0.494. The molecule has 1 atom stereocenters. The van der Waals surface area contributed by atoms with Gasteiger partial charge in [0.2, 0.25) is 0 Å². The van der Waals surface area contributed by atoms with Crippen molar-refractivity contribution in [2.45, 2.75) is 12.5 Å². The zero-order chi connectivity index (χ0) is 12.3. The Morgan fingerprint density at radius 2 is 1.82 bits per heavy atom. The summed E-state index contributed by atoms with van der Waals surface area (Å²) in [6, 6.07) is 7.28. The Kier molecular flexibility index (Phi) is 3.44. The lowest BCUT2D eigenvalue weighted by atomic mass is 10.0. The second-order valence-electron chi connectivity index (χ2n) is 3.80. The van der Waals surface area contributed by atoms with E-state index < -0.39 is 11.6 Å². The summed E-state index contributed by atoms with van der Waals surface area (Å²) in [5, 5.41) is 0. The van der Waals surface area contributed by atoms with Crippen molar-refractivity contribution in [3.05, 3.63) is 65.5 Å². The van der Waals surface area contributed by atoms with E-state index in [1.807, 2.05) is 0 Å². The zero-order valence-corrected chi connectivity index (χ0v) is 9.11. The highest BCUT2D eigenvalue weighted by Crippen LogP contribution is 2.19. The summed E-state index contributed by atoms with van der Waals surface area (Å²) in [5.41, 5.74) is 7.07. The van der Waals surface area contributed by atoms with Gasteiger partial charge >= 0.3 is 0 Å². The summed E-state index contributed by atoms with van der Waals surface area (Å²) in [7, 11) is 0. The fourth-order valence-electron chi connectivity index (χ4n) is 1.67. The molecule has 0 aliphatic carbocycles. The number of pyridine rings is 1. The van der Waals surface area contributed by atoms with Gasteiger partial charge in [-0.05, 0) is 35.7 Å². The molecule has 0 radical (unpaired) electrons. The van der Waals surface area contributed by atoms with Gasteiger partial charge in [-0.25, -0.2) is 8.78 Å². The first kappa shape index (κ1) is 11.7. The first-order valence-corrected chi connectivity index (χ1v) is 5.27. The summed E-state index contributed by atoms with van der Waals surface area (Å²) in [5.74, 6) is -1.67. The van der Waals surface area contributed by atoms with Gasteiger partial charge in [-0.2, -0.15) is 0 Å². The van der Waals surface area contributed by atoms with Crippen LogP contribution in [-0.2, 0) is 6.42 Å². The highest BCUT2D eigenvalue weighted by molar-refractivity contribution is 5.23. The van der Waals surface area contributed by atoms with Crippen LogP contribution in [0.2, 0.25) is 0 Å². The predicted octanol–water partition coefficient (Wildman–Crippen LogP) is 2.60. The van der Waals surface area contributed by atoms with Gasteiger partial charge in [0.05, 0.1) is 0 Å². The van der Waals surface area contributed by atoms with Crippen LogP contribution in [0.3, 0.4) is 0 Å². The minimum Gasteiger partial charge on any atom is -0.324 e. The van der Waals surface area contributed by atoms with Crippen molar-refractivity contribution in [2.75, 3.05) is 0 Å². The van der Waals surface area contributed by atoms with Gasteiger partial charge in [-0.1, -0.05) is 12.1 Å². The molecule has 17 heavy (non-hydrogen) atoms. The Morgan fingerprint density at radius 1 is 1.12 bits per heavy atom. The predicted molar refractivity (Wildman–Crippen MR) is 61.2 cm³/mol. The molecule has 2 N–H and O–H groups in total. The average molecular weight is 234 g/mol. The standard InChI is InChI=1S/C13H12F2N2/c14-11-3-1-2-10(13(11)15)8-12(16)9-4-6-17-7-5-9/h1-7,12H,8,16H2. The maximum Gasteiger partial charge on any atom is 0.162 e. The van der Waals surface area contributed by atoms with E-state index in [2.05, 4.69) is 4.98 Å². The number of benzene rings is 1. The third kappa shape index (κ3) is 2.65. The Bertz CT molecular complexity index is 500. The Labute approximate surface area is 98.1 Å². The third-order valence-corrected chi connectivity index (χ3v) is 2.61. The Hall–Kier alpha value is -1.81. The first-order chi connectivity index (χ1) is 8.18. The summed E-state index contributed by atoms with van der Waals surface area (Å²) >= 11 is 0. The van der Waals surface area contributed by atoms with Gasteiger partial charge < -0.3 is 5.73 Å². The van der Waals surface area contributed by atoms with E-state index in [1.165, 1.54) is 6.07 Å². The smallest absolute Gasteiger partial charge is 0.162 e. The van der Waals surface area contributed by atoms with E-state index in [0.29, 0.717) is 0 Å². The molecule has 1 unspecified atom stereocenters. The molecule has 0 saturated carbocycles. The molecule has 4 heteroatoms. The van der Waals surface area contributed by atoms with Crippen LogP contribution >= 0.6 is 0 Å². The largest absolute Gasteiger partial charge is 0.324 e. The van der Waals surface area contributed by atoms with Crippen LogP contribution in [0.1, 0.15) is 17.2 Å². The number of halogens is 2. The molecule has 0 bridgehead atoms. The van der Waals surface area contributed by atoms with Gasteiger partial charge in [0.1, 0.15) is 0 Å². The molecule has 88 valence electrons. The number of nitrogens with two attached hydrogens (primary N) is 1. The van der Waals surface area contributed by atoms with Crippen LogP contribution in [0.15, 0.2) is 42.7 Å². The molecule has 1 heterocycles. The lowest BCUT2D eigenvalue weighted by Gasteiger charge is -2.12. The van der Waals surface area contributed by atoms with Crippen molar-refractivity contribution in [1.29, 1.82) is 0 Å². The summed E-state index contributed by atoms with van der Waals surface area (Å²) < 4.78 is 26.4. The van der Waals surface area contributed by atoms with Crippen molar-refractivity contribution >= 4 is 0 Å². The molecular formula is C13H12F2N2. The molecule has 0 saturated heterocycles. The number of hydrogen-bond donors (Lipinski definition) is 1. The first-order valence-electron chi connectivity index (χ1n) is 5.27. The quantitative estimate of drug-likeness (QED) is 0.886. The Morgan fingerprint density at radius 3 is 2.53 bits per heavy atom. The maximum absolute atomic E-state index is 13.4. The fourth-order valence-corrected chi connectivity index (χ4v) is 1.67. The van der Waals surface area contributed by atoms with Gasteiger partial charge in [0, 0.05) is 18.4 Å². The minimum atomic E-state index is -0.843. The number of aromatic nitrogens is 1. The van der Waals surface area contributed by atoms with Gasteiger partial charge in [-0.3, -0.25) is 4.98 Å². The summed E-state index contributed by atoms with van der Waals surface area (Å²) in [4.78, 5) is 3.88. The van der Waals surface area contributed by atoms with E-state index in [9.17, 15) is 8.78 Å². The van der Waals surface area contributed by atoms with Crippen LogP contribution in [0.25, 0.3) is 0 Å². The van der Waals surface area contributed by atoms with E-state index in [-0.39, 0.29) is 18.0 Å². The van der Waals surface area contributed by atoms with Crippen molar-refractivity contribution < 1.29 is 8.78 Å². The Balaban J connectivity index is 2.19. The van der Waals surface area contributed by atoms with E-state index in [4.69, 9.17) is 5.73 Å². The monoisotopic (exact) mass is 234 g/mol. The average Bonchev–Trinajstić information content (AvgIpc) is 2.36. The maximum atomic E-state index is 13.4. The van der Waals surface area contributed by atoms with Gasteiger partial charge in [-0.15, -0.1) is 0 Å². The van der Waals surface area contributed by atoms with Crippen LogP contribution in [0, 0.1) is 11.6 Å². The van der Waals surface area contributed by atoms with Gasteiger partial charge in [0.15, 0.2) is 11.6 Å². The van der Waals surface area contributed by atoms with Crippen molar-refractivity contribution in [3.8, 4) is 0 Å². The lowest BCUT2D eigenvalue weighted by Crippen LogP contribution is -2.14. The number of nitrogens with zero attached hydrogens (tertiary/aromatic N) is 1. The number of hydrogen-bond acceptors (Lipinski definition) is 2. The van der Waals surface area contributed by atoms with Crippen LogP contribution in [0.5, 0.6) is 0 Å².